The highest BCUT2D eigenvalue weighted by molar-refractivity contribution is 5.72. The zero-order chi connectivity index (χ0) is 18.2. The molecule has 0 unspecified atom stereocenters. The summed E-state index contributed by atoms with van der Waals surface area (Å²) in [6.45, 7) is 3.65. The Bertz CT molecular complexity index is 726. The predicted molar refractivity (Wildman–Crippen MR) is 89.6 cm³/mol. The smallest absolute Gasteiger partial charge is 0.308 e. The largest absolute Gasteiger partial charge is 0.493 e. The third-order valence-corrected chi connectivity index (χ3v) is 5.09. The molecule has 0 aromatic heterocycles. The molecule has 0 saturated heterocycles. The topological polar surface area (TPSA) is 77.8 Å². The molecule has 1 aliphatic heterocycles. The van der Waals surface area contributed by atoms with Crippen molar-refractivity contribution in [2.24, 2.45) is 5.92 Å². The van der Waals surface area contributed by atoms with Gasteiger partial charge in [-0.1, -0.05) is 0 Å². The van der Waals surface area contributed by atoms with Gasteiger partial charge in [0.25, 0.3) is 0 Å². The molecule has 0 radical (unpaired) electrons. The Hall–Kier alpha value is -2.42. The first-order valence-electron chi connectivity index (χ1n) is 8.44. The molecule has 1 aromatic carbocycles. The number of hydrogen-bond acceptors (Lipinski definition) is 6. The van der Waals surface area contributed by atoms with E-state index >= 15 is 0 Å². The van der Waals surface area contributed by atoms with Gasteiger partial charge < -0.3 is 18.9 Å². The van der Waals surface area contributed by atoms with Crippen LogP contribution in [-0.4, -0.2) is 26.0 Å². The van der Waals surface area contributed by atoms with Gasteiger partial charge in [-0.05, 0) is 37.8 Å². The van der Waals surface area contributed by atoms with Gasteiger partial charge in [0.05, 0.1) is 31.6 Å². The number of rotatable bonds is 3. The van der Waals surface area contributed by atoms with Crippen LogP contribution in [0.5, 0.6) is 17.2 Å². The maximum atomic E-state index is 11.8. The molecular weight excluding hydrogens is 322 g/mol. The molecule has 1 aromatic rings. The van der Waals surface area contributed by atoms with Crippen molar-refractivity contribution in [3.8, 4) is 23.3 Å². The molecule has 1 heterocycles. The maximum absolute atomic E-state index is 11.8. The van der Waals surface area contributed by atoms with Gasteiger partial charge in [-0.2, -0.15) is 5.26 Å². The van der Waals surface area contributed by atoms with E-state index in [4.69, 9.17) is 18.9 Å². The van der Waals surface area contributed by atoms with Crippen LogP contribution < -0.4 is 14.2 Å². The van der Waals surface area contributed by atoms with Gasteiger partial charge in [-0.15, -0.1) is 0 Å². The second kappa shape index (κ2) is 6.14. The van der Waals surface area contributed by atoms with Crippen LogP contribution in [0.15, 0.2) is 12.1 Å². The lowest BCUT2D eigenvalue weighted by atomic mass is 9.67. The molecule has 1 aliphatic carbocycles. The van der Waals surface area contributed by atoms with Crippen molar-refractivity contribution in [2.45, 2.75) is 50.7 Å². The van der Waals surface area contributed by atoms with Crippen LogP contribution >= 0.6 is 0 Å². The van der Waals surface area contributed by atoms with Gasteiger partial charge in [-0.25, -0.2) is 0 Å². The van der Waals surface area contributed by atoms with E-state index in [9.17, 15) is 10.1 Å². The molecule has 2 aliphatic rings. The number of carbonyl (C=O) groups excluding carboxylic acids is 1. The van der Waals surface area contributed by atoms with E-state index in [1.807, 2.05) is 26.0 Å². The lowest BCUT2D eigenvalue weighted by molar-refractivity contribution is -0.146. The summed E-state index contributed by atoms with van der Waals surface area (Å²) < 4.78 is 22.1. The molecule has 1 fully saturated rings. The number of methoxy groups -OCH3 is 2. The van der Waals surface area contributed by atoms with Crippen LogP contribution in [-0.2, 0) is 14.9 Å². The minimum atomic E-state index is -0.814. The first kappa shape index (κ1) is 17.4. The highest BCUT2D eigenvalue weighted by Crippen LogP contribution is 2.54. The Morgan fingerprint density at radius 2 is 1.84 bits per heavy atom. The second-order valence-electron chi connectivity index (χ2n) is 7.07. The van der Waals surface area contributed by atoms with E-state index in [0.717, 1.165) is 5.56 Å². The van der Waals surface area contributed by atoms with Crippen LogP contribution in [0.1, 0.15) is 45.1 Å². The van der Waals surface area contributed by atoms with E-state index in [-0.39, 0.29) is 11.9 Å². The van der Waals surface area contributed by atoms with Crippen molar-refractivity contribution in [2.75, 3.05) is 14.2 Å². The van der Waals surface area contributed by atoms with E-state index in [1.54, 1.807) is 7.11 Å². The van der Waals surface area contributed by atoms with Crippen molar-refractivity contribution in [3.05, 3.63) is 17.7 Å². The number of hydrogen-bond donors (Lipinski definition) is 0. The summed E-state index contributed by atoms with van der Waals surface area (Å²) in [6.07, 6.45) is 2.38. The third-order valence-electron chi connectivity index (χ3n) is 5.09. The quantitative estimate of drug-likeness (QED) is 0.782. The molecule has 1 saturated carbocycles. The summed E-state index contributed by atoms with van der Waals surface area (Å²) in [5.41, 5.74) is 0.102. The van der Waals surface area contributed by atoms with E-state index in [2.05, 4.69) is 6.07 Å². The highest BCUT2D eigenvalue weighted by atomic mass is 16.7. The maximum Gasteiger partial charge on any atom is 0.308 e. The van der Waals surface area contributed by atoms with Crippen LogP contribution in [0.2, 0.25) is 0 Å². The monoisotopic (exact) mass is 345 g/mol. The summed E-state index contributed by atoms with van der Waals surface area (Å²) in [4.78, 5) is 11.8. The van der Waals surface area contributed by atoms with Crippen LogP contribution in [0.3, 0.4) is 0 Å². The molecule has 6 nitrogen and oxygen atoms in total. The first-order chi connectivity index (χ1) is 11.9. The summed E-state index contributed by atoms with van der Waals surface area (Å²) in [6, 6.07) is 6.17. The number of benzene rings is 1. The number of ether oxygens (including phenoxy) is 4. The van der Waals surface area contributed by atoms with E-state index < -0.39 is 11.2 Å². The van der Waals surface area contributed by atoms with Crippen LogP contribution in [0.4, 0.5) is 0 Å². The standard InChI is InChI=1S/C19H23NO5/c1-18(2)24-15-13(5-6-14(22-3)16(15)25-18)19(11-20)9-7-12(8-10-19)17(21)23-4/h5-6,12H,7-10H2,1-4H3/t12-,19+. The Morgan fingerprint density at radius 1 is 1.20 bits per heavy atom. The van der Waals surface area contributed by atoms with Crippen LogP contribution in [0, 0.1) is 17.2 Å². The fourth-order valence-corrected chi connectivity index (χ4v) is 3.75. The summed E-state index contributed by atoms with van der Waals surface area (Å²) in [7, 11) is 2.98. The van der Waals surface area contributed by atoms with Gasteiger partial charge in [0.2, 0.25) is 11.5 Å². The highest BCUT2D eigenvalue weighted by Gasteiger charge is 2.45. The zero-order valence-corrected chi connectivity index (χ0v) is 15.0. The summed E-state index contributed by atoms with van der Waals surface area (Å²) in [5, 5.41) is 9.97. The number of nitriles is 1. The number of esters is 1. The first-order valence-corrected chi connectivity index (χ1v) is 8.44. The number of carbonyl (C=O) groups is 1. The SMILES string of the molecule is COc1ccc([C@]2(C#N)CC[C@H](C(=O)OC)CC2)c2c1OC(C)(C)O2. The van der Waals surface area contributed by atoms with Gasteiger partial charge in [-0.3, -0.25) is 4.79 Å². The van der Waals surface area contributed by atoms with E-state index in [0.29, 0.717) is 42.9 Å². The molecule has 0 N–H and O–H groups in total. The Balaban J connectivity index is 1.98. The molecule has 3 rings (SSSR count). The second-order valence-corrected chi connectivity index (χ2v) is 7.07. The average Bonchev–Trinajstić information content (AvgIpc) is 2.95. The molecule has 6 heteroatoms. The van der Waals surface area contributed by atoms with Crippen molar-refractivity contribution in [3.63, 3.8) is 0 Å². The molecule has 0 amide bonds. The predicted octanol–water partition coefficient (Wildman–Crippen LogP) is 3.33. The molecule has 0 bridgehead atoms. The van der Waals surface area contributed by atoms with Crippen molar-refractivity contribution >= 4 is 5.97 Å². The minimum Gasteiger partial charge on any atom is -0.493 e. The molecule has 134 valence electrons. The molecule has 0 atom stereocenters. The normalized spacial score (nSPS) is 26.6. The average molecular weight is 345 g/mol. The molecule has 25 heavy (non-hydrogen) atoms. The summed E-state index contributed by atoms with van der Waals surface area (Å²) >= 11 is 0. The van der Waals surface area contributed by atoms with Gasteiger partial charge in [0, 0.05) is 19.4 Å². The molecular formula is C19H23NO5. The lowest BCUT2D eigenvalue weighted by Crippen LogP contribution is -2.34. The number of fused-ring (bicyclic) bond motifs is 1. The van der Waals surface area contributed by atoms with Crippen molar-refractivity contribution in [1.82, 2.24) is 0 Å². The van der Waals surface area contributed by atoms with Gasteiger partial charge >= 0.3 is 5.97 Å². The Labute approximate surface area is 147 Å². The lowest BCUT2D eigenvalue weighted by Gasteiger charge is -2.34. The van der Waals surface area contributed by atoms with Crippen molar-refractivity contribution in [1.29, 1.82) is 5.26 Å². The molecule has 0 spiro atoms. The van der Waals surface area contributed by atoms with E-state index in [1.165, 1.54) is 7.11 Å². The van der Waals surface area contributed by atoms with Gasteiger partial charge in [0.15, 0.2) is 11.5 Å². The van der Waals surface area contributed by atoms with Crippen molar-refractivity contribution < 1.29 is 23.7 Å². The Morgan fingerprint density at radius 3 is 2.40 bits per heavy atom. The van der Waals surface area contributed by atoms with Gasteiger partial charge in [0.1, 0.15) is 0 Å². The Kier molecular flexibility index (Phi) is 4.28. The fraction of sp³-hybridized carbons (Fsp3) is 0.579. The summed E-state index contributed by atoms with van der Waals surface area (Å²) in [5.74, 6) is 0.530. The zero-order valence-electron chi connectivity index (χ0n) is 15.0. The number of nitrogens with zero attached hydrogens (tertiary/aromatic N) is 1. The fourth-order valence-electron chi connectivity index (χ4n) is 3.75. The van der Waals surface area contributed by atoms with Crippen LogP contribution in [0.25, 0.3) is 0 Å². The third kappa shape index (κ3) is 2.88. The minimum absolute atomic E-state index is 0.147.